The van der Waals surface area contributed by atoms with Crippen molar-refractivity contribution in [3.05, 3.63) is 23.6 Å². The summed E-state index contributed by atoms with van der Waals surface area (Å²) in [5.74, 6) is -2.52. The van der Waals surface area contributed by atoms with Crippen molar-refractivity contribution in [1.29, 1.82) is 0 Å². The minimum Gasteiger partial charge on any atom is -0.292 e. The van der Waals surface area contributed by atoms with Gasteiger partial charge < -0.3 is 0 Å². The van der Waals surface area contributed by atoms with Crippen LogP contribution in [0, 0.1) is 0 Å². The number of halogens is 5. The average molecular weight is 215 g/mol. The Morgan fingerprint density at radius 1 is 1.31 bits per heavy atom. The van der Waals surface area contributed by atoms with Gasteiger partial charge in [0.25, 0.3) is 0 Å². The SMILES string of the molecule is O=C1C(C(F)(F)F)=CC=C(F)[C@H]1Cl. The van der Waals surface area contributed by atoms with Gasteiger partial charge in [-0.25, -0.2) is 4.39 Å². The van der Waals surface area contributed by atoms with Crippen LogP contribution in [0.3, 0.4) is 0 Å². The lowest BCUT2D eigenvalue weighted by atomic mass is 10.0. The molecule has 0 heterocycles. The average Bonchev–Trinajstić information content (AvgIpc) is 1.98. The number of rotatable bonds is 0. The number of hydrogen-bond acceptors (Lipinski definition) is 1. The van der Waals surface area contributed by atoms with Crippen LogP contribution in [0.1, 0.15) is 0 Å². The molecule has 0 aromatic heterocycles. The van der Waals surface area contributed by atoms with E-state index < -0.39 is 28.7 Å². The Bertz CT molecular complexity index is 302. The Kier molecular flexibility index (Phi) is 2.47. The van der Waals surface area contributed by atoms with Crippen LogP contribution >= 0.6 is 11.6 Å². The Balaban J connectivity index is 3.08. The van der Waals surface area contributed by atoms with Crippen molar-refractivity contribution in [2.75, 3.05) is 0 Å². The summed E-state index contributed by atoms with van der Waals surface area (Å²) in [5, 5.41) is -1.85. The van der Waals surface area contributed by atoms with Gasteiger partial charge in [-0.1, -0.05) is 0 Å². The highest BCUT2D eigenvalue weighted by Crippen LogP contribution is 2.32. The molecule has 13 heavy (non-hydrogen) atoms. The van der Waals surface area contributed by atoms with Crippen molar-refractivity contribution in [3.63, 3.8) is 0 Å². The van der Waals surface area contributed by atoms with Crippen molar-refractivity contribution in [2.45, 2.75) is 11.6 Å². The van der Waals surface area contributed by atoms with Crippen LogP contribution in [0.25, 0.3) is 0 Å². The zero-order chi connectivity index (χ0) is 10.2. The summed E-state index contributed by atoms with van der Waals surface area (Å²) in [7, 11) is 0. The Labute approximate surface area is 75.7 Å². The quantitative estimate of drug-likeness (QED) is 0.447. The molecule has 6 heteroatoms. The minimum absolute atomic E-state index is 0.385. The second-order valence-electron chi connectivity index (χ2n) is 2.36. The monoisotopic (exact) mass is 214 g/mol. The van der Waals surface area contributed by atoms with Gasteiger partial charge in [-0.05, 0) is 12.2 Å². The fourth-order valence-corrected chi connectivity index (χ4v) is 1.02. The van der Waals surface area contributed by atoms with E-state index in [0.29, 0.717) is 12.2 Å². The third-order valence-electron chi connectivity index (χ3n) is 1.45. The summed E-state index contributed by atoms with van der Waals surface area (Å²) in [6.07, 6.45) is -3.85. The van der Waals surface area contributed by atoms with E-state index >= 15 is 0 Å². The first-order chi connectivity index (χ1) is 5.84. The van der Waals surface area contributed by atoms with Gasteiger partial charge in [0.2, 0.25) is 0 Å². The molecule has 0 radical (unpaired) electrons. The van der Waals surface area contributed by atoms with Gasteiger partial charge in [0.1, 0.15) is 16.8 Å². The number of allylic oxidation sites excluding steroid dienone is 4. The summed E-state index contributed by atoms with van der Waals surface area (Å²) >= 11 is 5.08. The molecule has 0 N–H and O–H groups in total. The maximum atomic E-state index is 12.5. The zero-order valence-corrected chi connectivity index (χ0v) is 6.79. The lowest BCUT2D eigenvalue weighted by Crippen LogP contribution is -2.29. The molecule has 72 valence electrons. The molecule has 0 saturated heterocycles. The normalized spacial score (nSPS) is 24.1. The van der Waals surface area contributed by atoms with Gasteiger partial charge >= 0.3 is 6.18 Å². The molecule has 1 atom stereocenters. The highest BCUT2D eigenvalue weighted by molar-refractivity contribution is 6.36. The van der Waals surface area contributed by atoms with Crippen molar-refractivity contribution >= 4 is 17.4 Å². The maximum Gasteiger partial charge on any atom is 0.419 e. The Morgan fingerprint density at radius 2 is 1.85 bits per heavy atom. The fourth-order valence-electron chi connectivity index (χ4n) is 0.826. The van der Waals surface area contributed by atoms with Crippen LogP contribution in [-0.2, 0) is 4.79 Å². The van der Waals surface area contributed by atoms with Gasteiger partial charge in [-0.2, -0.15) is 13.2 Å². The molecule has 0 aliphatic heterocycles. The number of Topliss-reactive ketones (excluding diaryl/α,β-unsaturated/α-hetero) is 1. The summed E-state index contributed by atoms with van der Waals surface area (Å²) in [6, 6.07) is 0. The molecule has 0 saturated carbocycles. The van der Waals surface area contributed by atoms with Crippen LogP contribution in [0.15, 0.2) is 23.6 Å². The molecule has 0 amide bonds. The zero-order valence-electron chi connectivity index (χ0n) is 6.03. The molecule has 1 aliphatic rings. The standard InChI is InChI=1S/C7H3ClF4O/c8-5-4(9)2-1-3(6(5)13)7(10,11)12/h1-2,5H/t5-/m1/s1. The third-order valence-corrected chi connectivity index (χ3v) is 1.86. The van der Waals surface area contributed by atoms with Crippen molar-refractivity contribution in [1.82, 2.24) is 0 Å². The molecule has 0 bridgehead atoms. The number of ketones is 1. The number of carbonyl (C=O) groups is 1. The lowest BCUT2D eigenvalue weighted by Gasteiger charge is -2.15. The van der Waals surface area contributed by atoms with Crippen molar-refractivity contribution < 1.29 is 22.4 Å². The first-order valence-corrected chi connectivity index (χ1v) is 3.60. The highest BCUT2D eigenvalue weighted by atomic mass is 35.5. The van der Waals surface area contributed by atoms with E-state index in [4.69, 9.17) is 11.6 Å². The maximum absolute atomic E-state index is 12.5. The fraction of sp³-hybridized carbons (Fsp3) is 0.286. The second-order valence-corrected chi connectivity index (χ2v) is 2.79. The molecule has 1 rings (SSSR count). The summed E-state index contributed by atoms with van der Waals surface area (Å²) < 4.78 is 48.5. The molecule has 0 unspecified atom stereocenters. The highest BCUT2D eigenvalue weighted by Gasteiger charge is 2.42. The van der Waals surface area contributed by atoms with E-state index in [1.165, 1.54) is 0 Å². The van der Waals surface area contributed by atoms with Gasteiger partial charge in [-0.3, -0.25) is 4.79 Å². The smallest absolute Gasteiger partial charge is 0.292 e. The molecular formula is C7H3ClF4O. The Hall–Kier alpha value is -0.840. The lowest BCUT2D eigenvalue weighted by molar-refractivity contribution is -0.128. The predicted octanol–water partition coefficient (Wildman–Crippen LogP) is 2.52. The third kappa shape index (κ3) is 1.91. The van der Waals surface area contributed by atoms with E-state index in [2.05, 4.69) is 0 Å². The van der Waals surface area contributed by atoms with Crippen LogP contribution < -0.4 is 0 Å². The second kappa shape index (κ2) is 3.14. The molecule has 0 fully saturated rings. The Morgan fingerprint density at radius 3 is 2.31 bits per heavy atom. The van der Waals surface area contributed by atoms with Crippen molar-refractivity contribution in [2.24, 2.45) is 0 Å². The van der Waals surface area contributed by atoms with E-state index in [-0.39, 0.29) is 0 Å². The molecule has 0 aromatic rings. The summed E-state index contributed by atoms with van der Waals surface area (Å²) in [6.45, 7) is 0. The van der Waals surface area contributed by atoms with Crippen LogP contribution in [0.5, 0.6) is 0 Å². The van der Waals surface area contributed by atoms with Gasteiger partial charge in [0.05, 0.1) is 0 Å². The van der Waals surface area contributed by atoms with Gasteiger partial charge in [0.15, 0.2) is 5.78 Å². The van der Waals surface area contributed by atoms with Gasteiger partial charge in [-0.15, -0.1) is 11.6 Å². The van der Waals surface area contributed by atoms with Crippen LogP contribution in [0.4, 0.5) is 17.6 Å². The largest absolute Gasteiger partial charge is 0.419 e. The van der Waals surface area contributed by atoms with E-state index in [0.717, 1.165) is 0 Å². The molecular weight excluding hydrogens is 212 g/mol. The summed E-state index contributed by atoms with van der Waals surface area (Å²) in [5.41, 5.74) is -1.42. The first-order valence-electron chi connectivity index (χ1n) is 3.17. The van der Waals surface area contributed by atoms with E-state index in [1.54, 1.807) is 0 Å². The minimum atomic E-state index is -4.78. The van der Waals surface area contributed by atoms with Crippen LogP contribution in [-0.4, -0.2) is 17.3 Å². The van der Waals surface area contributed by atoms with Crippen molar-refractivity contribution in [3.8, 4) is 0 Å². The van der Waals surface area contributed by atoms with Crippen LogP contribution in [0.2, 0.25) is 0 Å². The first kappa shape index (κ1) is 10.2. The number of alkyl halides is 4. The van der Waals surface area contributed by atoms with E-state index in [1.807, 2.05) is 0 Å². The molecule has 1 aliphatic carbocycles. The van der Waals surface area contributed by atoms with E-state index in [9.17, 15) is 22.4 Å². The number of carbonyl (C=O) groups excluding carboxylic acids is 1. The topological polar surface area (TPSA) is 17.1 Å². The number of hydrogen-bond donors (Lipinski definition) is 0. The molecule has 0 aromatic carbocycles. The predicted molar refractivity (Wildman–Crippen MR) is 38.0 cm³/mol. The van der Waals surface area contributed by atoms with Gasteiger partial charge in [0, 0.05) is 0 Å². The molecule has 1 nitrogen and oxygen atoms in total. The molecule has 0 spiro atoms. The summed E-state index contributed by atoms with van der Waals surface area (Å²) in [4.78, 5) is 10.8.